The molecule has 0 aromatic heterocycles. The van der Waals surface area contributed by atoms with Gasteiger partial charge in [0.1, 0.15) is 11.6 Å². The molecular formula is C18H15Br2N2OS+. The Bertz CT molecular complexity index is 793. The quantitative estimate of drug-likeness (QED) is 0.553. The van der Waals surface area contributed by atoms with E-state index in [9.17, 15) is 4.79 Å². The smallest absolute Gasteiger partial charge is 0.223 e. The van der Waals surface area contributed by atoms with Gasteiger partial charge in [-0.05, 0) is 21.5 Å². The highest BCUT2D eigenvalue weighted by atomic mass is 79.9. The minimum atomic E-state index is -0.0515. The van der Waals surface area contributed by atoms with E-state index in [0.29, 0.717) is 16.1 Å². The lowest BCUT2D eigenvalue weighted by atomic mass is 10.2. The van der Waals surface area contributed by atoms with E-state index in [2.05, 4.69) is 49.2 Å². The summed E-state index contributed by atoms with van der Waals surface area (Å²) in [6.07, 6.45) is 1.66. The summed E-state index contributed by atoms with van der Waals surface area (Å²) in [7, 11) is 0. The van der Waals surface area contributed by atoms with Gasteiger partial charge in [0.05, 0.1) is 0 Å². The van der Waals surface area contributed by atoms with Crippen molar-refractivity contribution in [1.29, 1.82) is 0 Å². The number of halogens is 2. The second-order valence-corrected chi connectivity index (χ2v) is 8.38. The first-order valence-electron chi connectivity index (χ1n) is 7.36. The molecule has 0 saturated heterocycles. The number of rotatable bonds is 5. The van der Waals surface area contributed by atoms with Gasteiger partial charge in [0.15, 0.2) is 4.48 Å². The molecule has 2 aromatic rings. The third-order valence-corrected chi connectivity index (χ3v) is 6.34. The van der Waals surface area contributed by atoms with Crippen molar-refractivity contribution in [2.75, 3.05) is 0 Å². The van der Waals surface area contributed by atoms with Crippen molar-refractivity contribution in [3.63, 3.8) is 0 Å². The second-order valence-electron chi connectivity index (χ2n) is 5.36. The summed E-state index contributed by atoms with van der Waals surface area (Å²) in [6.45, 7) is 0.509. The molecule has 0 spiro atoms. The zero-order valence-electron chi connectivity index (χ0n) is 12.7. The van der Waals surface area contributed by atoms with Crippen LogP contribution in [0, 0.1) is 0 Å². The summed E-state index contributed by atoms with van der Waals surface area (Å²) in [6, 6.07) is 20.0. The van der Waals surface area contributed by atoms with E-state index in [1.165, 1.54) is 5.56 Å². The van der Waals surface area contributed by atoms with E-state index in [4.69, 9.17) is 0 Å². The molecule has 0 radical (unpaired) electrons. The molecule has 122 valence electrons. The van der Waals surface area contributed by atoms with Crippen LogP contribution in [0.25, 0.3) is 0 Å². The molecule has 0 bridgehead atoms. The second kappa shape index (κ2) is 7.78. The molecule has 1 aliphatic rings. The predicted molar refractivity (Wildman–Crippen MR) is 107 cm³/mol. The van der Waals surface area contributed by atoms with Gasteiger partial charge in [-0.25, -0.2) is 4.79 Å². The van der Waals surface area contributed by atoms with E-state index in [-0.39, 0.29) is 9.42 Å². The van der Waals surface area contributed by atoms with Gasteiger partial charge in [-0.3, -0.25) is 0 Å². The fourth-order valence-corrected chi connectivity index (χ4v) is 4.69. The number of carbonyl (C=O) groups excluding carboxylic acids is 1. The summed E-state index contributed by atoms with van der Waals surface area (Å²) >= 11 is 8.51. The molecule has 1 heterocycles. The van der Waals surface area contributed by atoms with Crippen LogP contribution in [0.2, 0.25) is 0 Å². The Balaban J connectivity index is 1.73. The summed E-state index contributed by atoms with van der Waals surface area (Å²) < 4.78 is 0.464. The maximum Gasteiger partial charge on any atom is 0.371 e. The lowest BCUT2D eigenvalue weighted by molar-refractivity contribution is -0.604. The Morgan fingerprint density at radius 2 is 1.54 bits per heavy atom. The van der Waals surface area contributed by atoms with Gasteiger partial charge in [0, 0.05) is 11.3 Å². The van der Waals surface area contributed by atoms with Crippen LogP contribution in [-0.4, -0.2) is 15.8 Å². The lowest BCUT2D eigenvalue weighted by Crippen LogP contribution is -2.43. The molecule has 1 amide bonds. The minimum absolute atomic E-state index is 0.0486. The number of hydrogen-bond acceptors (Lipinski definition) is 3. The molecule has 1 aliphatic heterocycles. The molecule has 0 aliphatic carbocycles. The van der Waals surface area contributed by atoms with Crippen molar-refractivity contribution in [1.82, 2.24) is 0 Å². The first-order chi connectivity index (χ1) is 11.6. The third-order valence-electron chi connectivity index (χ3n) is 3.55. The number of quaternary nitrogens is 1. The van der Waals surface area contributed by atoms with Crippen LogP contribution >= 0.6 is 43.8 Å². The summed E-state index contributed by atoms with van der Waals surface area (Å²) in [5.74, 6) is 0.723. The normalized spacial score (nSPS) is 20.5. The zero-order chi connectivity index (χ0) is 17.0. The first-order valence-corrected chi connectivity index (χ1v) is 9.85. The van der Waals surface area contributed by atoms with Gasteiger partial charge >= 0.3 is 5.91 Å². The highest BCUT2D eigenvalue weighted by Crippen LogP contribution is 2.36. The lowest BCUT2D eigenvalue weighted by Gasteiger charge is -2.25. The number of carbonyl (C=O) groups is 1. The number of nitrogens with zero attached hydrogens (tertiary/aromatic N) is 2. The molecule has 1 atom stereocenters. The Morgan fingerprint density at radius 3 is 2.17 bits per heavy atom. The van der Waals surface area contributed by atoms with Crippen LogP contribution in [0.3, 0.4) is 0 Å². The minimum Gasteiger partial charge on any atom is -0.223 e. The average molecular weight is 467 g/mol. The molecular weight excluding hydrogens is 452 g/mol. The number of amides is 1. The van der Waals surface area contributed by atoms with E-state index in [1.54, 1.807) is 18.1 Å². The number of thioether (sulfide) groups is 1. The van der Waals surface area contributed by atoms with Crippen molar-refractivity contribution in [2.45, 2.75) is 12.3 Å². The summed E-state index contributed by atoms with van der Waals surface area (Å²) in [5, 5.41) is 0.713. The molecule has 0 N–H and O–H groups in total. The molecule has 0 saturated carbocycles. The SMILES string of the molecule is O=C1C(Br)=C(SCc2ccccc2)N=C[N+]1(Br)Cc1ccccc1. The van der Waals surface area contributed by atoms with Crippen LogP contribution in [0.5, 0.6) is 0 Å². The molecule has 3 rings (SSSR count). The van der Waals surface area contributed by atoms with Crippen LogP contribution in [0.1, 0.15) is 11.1 Å². The van der Waals surface area contributed by atoms with Crippen molar-refractivity contribution in [3.8, 4) is 0 Å². The molecule has 3 nitrogen and oxygen atoms in total. The van der Waals surface area contributed by atoms with Crippen LogP contribution in [0.4, 0.5) is 0 Å². The Kier molecular flexibility index (Phi) is 5.71. The van der Waals surface area contributed by atoms with Crippen molar-refractivity contribution >= 4 is 56.1 Å². The maximum absolute atomic E-state index is 12.8. The van der Waals surface area contributed by atoms with Crippen LogP contribution < -0.4 is 0 Å². The number of hydrogen-bond donors (Lipinski definition) is 0. The van der Waals surface area contributed by atoms with Gasteiger partial charge in [-0.2, -0.15) is 4.99 Å². The predicted octanol–water partition coefficient (Wildman–Crippen LogP) is 5.38. The van der Waals surface area contributed by atoms with Gasteiger partial charge < -0.3 is 0 Å². The van der Waals surface area contributed by atoms with Gasteiger partial charge in [0.2, 0.25) is 22.5 Å². The van der Waals surface area contributed by atoms with Crippen molar-refractivity contribution < 1.29 is 8.30 Å². The van der Waals surface area contributed by atoms with E-state index in [0.717, 1.165) is 11.3 Å². The highest BCUT2D eigenvalue weighted by Gasteiger charge is 2.40. The van der Waals surface area contributed by atoms with Crippen molar-refractivity contribution in [2.24, 2.45) is 4.99 Å². The first kappa shape index (κ1) is 17.6. The topological polar surface area (TPSA) is 29.4 Å². The fourth-order valence-electron chi connectivity index (χ4n) is 2.30. The fraction of sp³-hybridized carbons (Fsp3) is 0.111. The molecule has 1 unspecified atom stereocenters. The Morgan fingerprint density at radius 1 is 0.958 bits per heavy atom. The van der Waals surface area contributed by atoms with E-state index >= 15 is 0 Å². The molecule has 6 heteroatoms. The molecule has 2 aromatic carbocycles. The monoisotopic (exact) mass is 465 g/mol. The van der Waals surface area contributed by atoms with E-state index < -0.39 is 0 Å². The van der Waals surface area contributed by atoms with Gasteiger partial charge in [0.25, 0.3) is 0 Å². The maximum atomic E-state index is 12.8. The highest BCUT2D eigenvalue weighted by molar-refractivity contribution is 9.12. The largest absolute Gasteiger partial charge is 0.371 e. The van der Waals surface area contributed by atoms with Crippen molar-refractivity contribution in [3.05, 3.63) is 81.3 Å². The molecule has 0 fully saturated rings. The Labute approximate surface area is 162 Å². The zero-order valence-corrected chi connectivity index (χ0v) is 16.7. The van der Waals surface area contributed by atoms with E-state index in [1.807, 2.05) is 48.5 Å². The van der Waals surface area contributed by atoms with Crippen LogP contribution in [-0.2, 0) is 17.1 Å². The molecule has 24 heavy (non-hydrogen) atoms. The number of aliphatic imine (C=N–C) groups is 1. The average Bonchev–Trinajstić information content (AvgIpc) is 2.61. The standard InChI is InChI=1S/C18H15Br2N2OS/c19-16-17(24-12-15-9-5-2-6-10-15)21-13-22(20,18(16)23)11-14-7-3-1-4-8-14/h1-10,13H,11-12H2/q+1. The van der Waals surface area contributed by atoms with Gasteiger partial charge in [-0.1, -0.05) is 72.4 Å². The summed E-state index contributed by atoms with van der Waals surface area (Å²) in [5.41, 5.74) is 2.27. The summed E-state index contributed by atoms with van der Waals surface area (Å²) in [4.78, 5) is 17.3. The number of benzene rings is 2. The third kappa shape index (κ3) is 4.06. The van der Waals surface area contributed by atoms with Crippen LogP contribution in [0.15, 0.2) is 75.2 Å². The Hall–Kier alpha value is -1.21. The van der Waals surface area contributed by atoms with Gasteiger partial charge in [-0.15, -0.1) is 3.51 Å².